The Morgan fingerprint density at radius 3 is 1.83 bits per heavy atom. The monoisotopic (exact) mass is 462 g/mol. The lowest BCUT2D eigenvalue weighted by atomic mass is 10.2. The largest absolute Gasteiger partial charge is 0.416 e. The summed E-state index contributed by atoms with van der Waals surface area (Å²) in [6, 6.07) is 15.3. The van der Waals surface area contributed by atoms with Gasteiger partial charge in [-0.05, 0) is 56.2 Å². The summed E-state index contributed by atoms with van der Waals surface area (Å²) in [7, 11) is -4.64. The van der Waals surface area contributed by atoms with Gasteiger partial charge in [0.2, 0.25) is 0 Å². The minimum Gasteiger partial charge on any atom is -0.416 e. The zero-order valence-corrected chi connectivity index (χ0v) is 21.8. The van der Waals surface area contributed by atoms with Crippen molar-refractivity contribution in [3.8, 4) is 0 Å². The molecule has 0 fully saturated rings. The van der Waals surface area contributed by atoms with Crippen molar-refractivity contribution in [3.63, 3.8) is 0 Å². The maximum atomic E-state index is 13.3. The Kier molecular flexibility index (Phi) is 8.57. The Labute approximate surface area is 188 Å². The highest BCUT2D eigenvalue weighted by molar-refractivity contribution is 7.92. The Morgan fingerprint density at radius 2 is 1.37 bits per heavy atom. The van der Waals surface area contributed by atoms with Gasteiger partial charge in [0, 0.05) is 33.1 Å². The SMILES string of the molecule is Cc1ccc(S(=O)/C=C(\CCO[Si](C)(C)C(C)(C)C)S(=O)c2ccc(C)cc2)cc1. The highest BCUT2D eigenvalue weighted by Crippen LogP contribution is 2.36. The van der Waals surface area contributed by atoms with E-state index in [0.717, 1.165) is 16.0 Å². The maximum Gasteiger partial charge on any atom is 0.191 e. The molecule has 3 nitrogen and oxygen atoms in total. The van der Waals surface area contributed by atoms with Crippen molar-refractivity contribution in [1.29, 1.82) is 0 Å². The molecule has 2 aromatic carbocycles. The second-order valence-electron chi connectivity index (χ2n) is 9.14. The van der Waals surface area contributed by atoms with Crippen LogP contribution in [0.2, 0.25) is 18.1 Å². The average molecular weight is 463 g/mol. The second-order valence-corrected chi connectivity index (χ2v) is 16.8. The van der Waals surface area contributed by atoms with E-state index in [-0.39, 0.29) is 5.04 Å². The first-order chi connectivity index (χ1) is 13.9. The molecule has 0 aliphatic rings. The molecule has 0 heterocycles. The minimum atomic E-state index is -1.91. The van der Waals surface area contributed by atoms with E-state index >= 15 is 0 Å². The van der Waals surface area contributed by atoms with Gasteiger partial charge in [0.1, 0.15) is 0 Å². The number of hydrogen-bond donors (Lipinski definition) is 0. The van der Waals surface area contributed by atoms with E-state index in [2.05, 4.69) is 33.9 Å². The molecule has 0 saturated heterocycles. The van der Waals surface area contributed by atoms with E-state index in [0.29, 0.717) is 22.8 Å². The molecule has 0 amide bonds. The van der Waals surface area contributed by atoms with Crippen LogP contribution in [0.5, 0.6) is 0 Å². The lowest BCUT2D eigenvalue weighted by molar-refractivity contribution is 0.293. The summed E-state index contributed by atoms with van der Waals surface area (Å²) in [6.07, 6.45) is 0.491. The molecule has 0 aliphatic heterocycles. The van der Waals surface area contributed by atoms with Crippen LogP contribution in [0.1, 0.15) is 38.3 Å². The lowest BCUT2D eigenvalue weighted by Gasteiger charge is -2.36. The van der Waals surface area contributed by atoms with Crippen molar-refractivity contribution in [2.45, 2.75) is 69.0 Å². The summed E-state index contributed by atoms with van der Waals surface area (Å²) in [5, 5.41) is 1.76. The summed E-state index contributed by atoms with van der Waals surface area (Å²) in [6.45, 7) is 15.5. The molecule has 2 aromatic rings. The zero-order chi connectivity index (χ0) is 22.5. The summed E-state index contributed by atoms with van der Waals surface area (Å²) in [4.78, 5) is 2.08. The Morgan fingerprint density at radius 1 is 0.900 bits per heavy atom. The van der Waals surface area contributed by atoms with Crippen LogP contribution in [0.25, 0.3) is 0 Å². The van der Waals surface area contributed by atoms with Crippen LogP contribution >= 0.6 is 0 Å². The van der Waals surface area contributed by atoms with E-state index < -0.39 is 29.9 Å². The molecule has 2 unspecified atom stereocenters. The quantitative estimate of drug-likeness (QED) is 0.422. The first kappa shape index (κ1) is 24.9. The van der Waals surface area contributed by atoms with Crippen LogP contribution < -0.4 is 0 Å². The van der Waals surface area contributed by atoms with Gasteiger partial charge in [0.15, 0.2) is 8.32 Å². The molecule has 0 bridgehead atoms. The first-order valence-corrected chi connectivity index (χ1v) is 15.5. The first-order valence-electron chi connectivity index (χ1n) is 10.2. The van der Waals surface area contributed by atoms with Crippen LogP contribution in [-0.2, 0) is 26.0 Å². The average Bonchev–Trinajstić information content (AvgIpc) is 2.66. The summed E-state index contributed by atoms with van der Waals surface area (Å²) in [5.41, 5.74) is 2.23. The van der Waals surface area contributed by atoms with Crippen LogP contribution in [-0.4, -0.2) is 23.3 Å². The normalized spacial score (nSPS) is 15.1. The molecule has 0 saturated carbocycles. The number of aryl methyl sites for hydroxylation is 2. The Balaban J connectivity index is 2.27. The molecule has 0 aromatic heterocycles. The van der Waals surface area contributed by atoms with Crippen molar-refractivity contribution in [2.24, 2.45) is 0 Å². The second kappa shape index (κ2) is 10.3. The molecular weight excluding hydrogens is 428 g/mol. The fourth-order valence-electron chi connectivity index (χ4n) is 2.49. The minimum absolute atomic E-state index is 0.109. The van der Waals surface area contributed by atoms with E-state index in [1.54, 1.807) is 5.41 Å². The Bertz CT molecular complexity index is 924. The zero-order valence-electron chi connectivity index (χ0n) is 19.2. The molecule has 0 radical (unpaired) electrons. The highest BCUT2D eigenvalue weighted by atomic mass is 32.2. The van der Waals surface area contributed by atoms with Gasteiger partial charge in [0.25, 0.3) is 0 Å². The summed E-state index contributed by atoms with van der Waals surface area (Å²) < 4.78 is 32.5. The van der Waals surface area contributed by atoms with E-state index in [1.807, 2.05) is 62.4 Å². The molecule has 0 N–H and O–H groups in total. The van der Waals surface area contributed by atoms with Gasteiger partial charge < -0.3 is 4.43 Å². The predicted molar refractivity (Wildman–Crippen MR) is 131 cm³/mol. The molecule has 0 aliphatic carbocycles. The fraction of sp³-hybridized carbons (Fsp3) is 0.417. The van der Waals surface area contributed by atoms with Gasteiger partial charge in [-0.1, -0.05) is 56.2 Å². The van der Waals surface area contributed by atoms with Gasteiger partial charge in [-0.25, -0.2) is 8.42 Å². The molecule has 2 atom stereocenters. The topological polar surface area (TPSA) is 43.4 Å². The Hall–Kier alpha value is -1.34. The van der Waals surface area contributed by atoms with E-state index in [1.165, 1.54) is 0 Å². The third-order valence-electron chi connectivity index (χ3n) is 5.58. The van der Waals surface area contributed by atoms with Gasteiger partial charge in [-0.3, -0.25) is 0 Å². The molecule has 6 heteroatoms. The molecule has 2 rings (SSSR count). The van der Waals surface area contributed by atoms with Crippen LogP contribution in [0.15, 0.2) is 68.6 Å². The predicted octanol–water partition coefficient (Wildman–Crippen LogP) is 6.47. The van der Waals surface area contributed by atoms with Crippen molar-refractivity contribution < 1.29 is 12.8 Å². The van der Waals surface area contributed by atoms with Crippen LogP contribution in [0.4, 0.5) is 0 Å². The van der Waals surface area contributed by atoms with Gasteiger partial charge in [-0.2, -0.15) is 0 Å². The molecule has 164 valence electrons. The van der Waals surface area contributed by atoms with Crippen molar-refractivity contribution in [2.75, 3.05) is 6.61 Å². The lowest BCUT2D eigenvalue weighted by Crippen LogP contribution is -2.41. The van der Waals surface area contributed by atoms with Crippen LogP contribution in [0, 0.1) is 13.8 Å². The third-order valence-corrected chi connectivity index (χ3v) is 13.0. The number of rotatable bonds is 8. The standard InChI is InChI=1S/C24H34O3S2Si/c1-19-8-12-21(13-9-19)28(25)18-23(16-17-27-30(6,7)24(3,4)5)29(26)22-14-10-20(2)11-15-22/h8-15,18H,16-17H2,1-7H3/b23-18+. The van der Waals surface area contributed by atoms with Crippen molar-refractivity contribution in [1.82, 2.24) is 0 Å². The smallest absolute Gasteiger partial charge is 0.191 e. The van der Waals surface area contributed by atoms with Crippen molar-refractivity contribution in [3.05, 3.63) is 70.0 Å². The fourth-order valence-corrected chi connectivity index (χ4v) is 6.00. The molecule has 30 heavy (non-hydrogen) atoms. The van der Waals surface area contributed by atoms with Crippen molar-refractivity contribution >= 4 is 29.9 Å². The highest BCUT2D eigenvalue weighted by Gasteiger charge is 2.37. The number of hydrogen-bond acceptors (Lipinski definition) is 3. The number of benzene rings is 2. The van der Waals surface area contributed by atoms with Gasteiger partial charge in [-0.15, -0.1) is 0 Å². The molecule has 0 spiro atoms. The summed E-state index contributed by atoms with van der Waals surface area (Å²) in [5.74, 6) is 0. The summed E-state index contributed by atoms with van der Waals surface area (Å²) >= 11 is 0. The van der Waals surface area contributed by atoms with Crippen LogP contribution in [0.3, 0.4) is 0 Å². The van der Waals surface area contributed by atoms with E-state index in [9.17, 15) is 8.42 Å². The third kappa shape index (κ3) is 6.84. The van der Waals surface area contributed by atoms with E-state index in [4.69, 9.17) is 4.43 Å². The maximum absolute atomic E-state index is 13.3. The molecular formula is C24H34O3S2Si. The van der Waals surface area contributed by atoms with Gasteiger partial charge in [0.05, 0.1) is 21.6 Å². The van der Waals surface area contributed by atoms with Gasteiger partial charge >= 0.3 is 0 Å².